The molecule has 14 heteroatoms. The third-order valence-electron chi connectivity index (χ3n) is 5.18. The average molecular weight is 587 g/mol. The molecule has 1 aliphatic carbocycles. The first-order chi connectivity index (χ1) is 16.3. The summed E-state index contributed by atoms with van der Waals surface area (Å²) in [6.45, 7) is 0. The summed E-state index contributed by atoms with van der Waals surface area (Å²) in [5.41, 5.74) is -0.481. The van der Waals surface area contributed by atoms with Crippen molar-refractivity contribution >= 4 is 81.3 Å². The smallest absolute Gasteiger partial charge is 0.326 e. The van der Waals surface area contributed by atoms with Crippen molar-refractivity contribution in [1.82, 2.24) is 10.2 Å². The first-order valence-electron chi connectivity index (χ1n) is 9.65. The van der Waals surface area contributed by atoms with Crippen molar-refractivity contribution in [3.63, 3.8) is 0 Å². The third kappa shape index (κ3) is 5.49. The Morgan fingerprint density at radius 1 is 0.971 bits per heavy atom. The number of hydrogen-bond donors (Lipinski definition) is 3. The second-order valence-corrected chi connectivity index (χ2v) is 10.4. The number of alkyl halides is 5. The molecule has 0 aliphatic heterocycles. The van der Waals surface area contributed by atoms with Crippen LogP contribution in [0.4, 0.5) is 24.7 Å². The molecule has 1 heterocycles. The van der Waals surface area contributed by atoms with Gasteiger partial charge in [0.2, 0.25) is 5.91 Å². The fourth-order valence-corrected chi connectivity index (χ4v) is 5.11. The van der Waals surface area contributed by atoms with Gasteiger partial charge in [-0.3, -0.25) is 14.7 Å². The van der Waals surface area contributed by atoms with Gasteiger partial charge in [-0.25, -0.2) is 0 Å². The number of aromatic amines is 1. The minimum Gasteiger partial charge on any atom is -0.326 e. The van der Waals surface area contributed by atoms with E-state index in [-0.39, 0.29) is 22.1 Å². The lowest BCUT2D eigenvalue weighted by Gasteiger charge is -2.09. The number of amides is 2. The molecule has 1 aromatic heterocycles. The molecule has 0 unspecified atom stereocenters. The molecule has 1 aliphatic rings. The van der Waals surface area contributed by atoms with Crippen LogP contribution in [0.15, 0.2) is 42.5 Å². The van der Waals surface area contributed by atoms with Crippen molar-refractivity contribution in [3.8, 4) is 0 Å². The Labute approximate surface area is 221 Å². The normalized spacial score (nSPS) is 18.7. The van der Waals surface area contributed by atoms with E-state index < -0.39 is 39.9 Å². The van der Waals surface area contributed by atoms with E-state index >= 15 is 0 Å². The van der Waals surface area contributed by atoms with Crippen molar-refractivity contribution in [2.24, 2.45) is 5.92 Å². The predicted octanol–water partition coefficient (Wildman–Crippen LogP) is 7.17. The minimum absolute atomic E-state index is 0.00557. The van der Waals surface area contributed by atoms with Gasteiger partial charge in [0.1, 0.15) is 10.0 Å². The third-order valence-corrected chi connectivity index (χ3v) is 6.89. The lowest BCUT2D eigenvalue weighted by molar-refractivity contribution is -0.141. The summed E-state index contributed by atoms with van der Waals surface area (Å²) in [4.78, 5) is 25.5. The molecule has 2 atom stereocenters. The Bertz CT molecular complexity index is 1310. The van der Waals surface area contributed by atoms with Crippen LogP contribution in [0.1, 0.15) is 27.5 Å². The molecule has 0 saturated heterocycles. The Morgan fingerprint density at radius 2 is 1.63 bits per heavy atom. The van der Waals surface area contributed by atoms with E-state index in [0.717, 1.165) is 0 Å². The van der Waals surface area contributed by atoms with Crippen LogP contribution in [0.25, 0.3) is 0 Å². The van der Waals surface area contributed by atoms with Crippen LogP contribution in [0.3, 0.4) is 0 Å². The van der Waals surface area contributed by atoms with Crippen molar-refractivity contribution < 1.29 is 22.8 Å². The molecular weight excluding hydrogens is 575 g/mol. The van der Waals surface area contributed by atoms with E-state index in [4.69, 9.17) is 58.0 Å². The van der Waals surface area contributed by atoms with E-state index in [1.165, 1.54) is 24.3 Å². The van der Waals surface area contributed by atoms with Crippen LogP contribution >= 0.6 is 58.0 Å². The van der Waals surface area contributed by atoms with Gasteiger partial charge in [0, 0.05) is 27.7 Å². The van der Waals surface area contributed by atoms with E-state index in [2.05, 4.69) is 15.7 Å². The zero-order chi connectivity index (χ0) is 25.7. The molecule has 184 valence electrons. The maximum Gasteiger partial charge on any atom is 0.432 e. The summed E-state index contributed by atoms with van der Waals surface area (Å²) in [5.74, 6) is -3.17. The Kier molecular flexibility index (Phi) is 6.93. The van der Waals surface area contributed by atoms with Gasteiger partial charge in [0.25, 0.3) is 5.91 Å². The molecule has 2 amide bonds. The van der Waals surface area contributed by atoms with Gasteiger partial charge in [-0.05, 0) is 42.0 Å². The van der Waals surface area contributed by atoms with Gasteiger partial charge in [0.05, 0.1) is 16.5 Å². The molecule has 35 heavy (non-hydrogen) atoms. The largest absolute Gasteiger partial charge is 0.432 e. The molecule has 3 aromatic rings. The molecule has 4 rings (SSSR count). The van der Waals surface area contributed by atoms with Crippen molar-refractivity contribution in [1.29, 1.82) is 0 Å². The van der Waals surface area contributed by atoms with Gasteiger partial charge >= 0.3 is 6.18 Å². The number of benzene rings is 2. The number of aromatic nitrogens is 2. The van der Waals surface area contributed by atoms with Gasteiger partial charge in [-0.2, -0.15) is 18.3 Å². The summed E-state index contributed by atoms with van der Waals surface area (Å²) < 4.78 is 36.8. The first-order valence-corrected chi connectivity index (χ1v) is 11.5. The van der Waals surface area contributed by atoms with Crippen LogP contribution in [0.5, 0.6) is 0 Å². The molecular formula is C21H12Cl5F3N4O2. The predicted molar refractivity (Wildman–Crippen MR) is 129 cm³/mol. The van der Waals surface area contributed by atoms with Crippen LogP contribution < -0.4 is 10.6 Å². The molecule has 0 spiro atoms. The number of carbonyl (C=O) groups is 2. The summed E-state index contributed by atoms with van der Waals surface area (Å²) >= 11 is 30.8. The zero-order valence-corrected chi connectivity index (χ0v) is 20.8. The molecule has 3 N–H and O–H groups in total. The number of halogens is 8. The summed E-state index contributed by atoms with van der Waals surface area (Å²) in [6, 6.07) is 9.40. The molecule has 1 fully saturated rings. The van der Waals surface area contributed by atoms with E-state index in [9.17, 15) is 22.8 Å². The number of hydrogen-bond acceptors (Lipinski definition) is 3. The lowest BCUT2D eigenvalue weighted by atomic mass is 10.1. The Morgan fingerprint density at radius 3 is 2.23 bits per heavy atom. The quantitative estimate of drug-likeness (QED) is 0.277. The standard InChI is InChI=1S/C21H12Cl5F3N4O2/c22-9-3-8(4-10(23)5-9)16-17(20(16,25)26)19(35)30-11-1-2-13(24)12(6-11)18(34)31-15-7-14(32-33-15)21(27,28)29/h1-7,16-17H,(H,30,35)(H2,31,32,33,34)/t16-,17+/m0/s1. The minimum atomic E-state index is -4.66. The van der Waals surface area contributed by atoms with Gasteiger partial charge in [-0.15, -0.1) is 23.2 Å². The topological polar surface area (TPSA) is 86.9 Å². The number of nitrogens with zero attached hydrogens (tertiary/aromatic N) is 1. The monoisotopic (exact) mass is 584 g/mol. The van der Waals surface area contributed by atoms with Gasteiger partial charge in [-0.1, -0.05) is 34.8 Å². The fourth-order valence-electron chi connectivity index (χ4n) is 3.53. The molecule has 0 radical (unpaired) electrons. The van der Waals surface area contributed by atoms with E-state index in [0.29, 0.717) is 21.7 Å². The SMILES string of the molecule is O=C(Nc1cc(C(F)(F)F)[nH]n1)c1cc(NC(=O)[C@H]2[C@H](c3cc(Cl)cc(Cl)c3)C2(Cl)Cl)ccc1Cl. The second-order valence-electron chi connectivity index (χ2n) is 7.64. The maximum atomic E-state index is 12.9. The van der Waals surface area contributed by atoms with Crippen LogP contribution in [-0.2, 0) is 11.0 Å². The van der Waals surface area contributed by atoms with Crippen LogP contribution in [0.2, 0.25) is 15.1 Å². The zero-order valence-electron chi connectivity index (χ0n) is 17.0. The second kappa shape index (κ2) is 9.37. The van der Waals surface area contributed by atoms with Crippen molar-refractivity contribution in [3.05, 3.63) is 74.4 Å². The van der Waals surface area contributed by atoms with Crippen LogP contribution in [-0.4, -0.2) is 26.3 Å². The van der Waals surface area contributed by atoms with E-state index in [1.54, 1.807) is 17.2 Å². The van der Waals surface area contributed by atoms with E-state index in [1.807, 2.05) is 0 Å². The summed E-state index contributed by atoms with van der Waals surface area (Å²) in [6.07, 6.45) is -4.66. The number of rotatable bonds is 5. The molecule has 0 bridgehead atoms. The fraction of sp³-hybridized carbons (Fsp3) is 0.190. The Balaban J connectivity index is 1.49. The number of anilines is 2. The number of nitrogens with one attached hydrogen (secondary N) is 3. The lowest BCUT2D eigenvalue weighted by Crippen LogP contribution is -2.18. The van der Waals surface area contributed by atoms with Gasteiger partial charge in [0.15, 0.2) is 5.82 Å². The maximum absolute atomic E-state index is 12.9. The highest BCUT2D eigenvalue weighted by molar-refractivity contribution is 6.53. The number of carbonyl (C=O) groups excluding carboxylic acids is 2. The van der Waals surface area contributed by atoms with Crippen molar-refractivity contribution in [2.75, 3.05) is 10.6 Å². The van der Waals surface area contributed by atoms with Gasteiger partial charge < -0.3 is 10.6 Å². The molecule has 6 nitrogen and oxygen atoms in total. The average Bonchev–Trinajstić information content (AvgIpc) is 3.05. The van der Waals surface area contributed by atoms with Crippen molar-refractivity contribution in [2.45, 2.75) is 16.4 Å². The van der Waals surface area contributed by atoms with Crippen LogP contribution in [0, 0.1) is 5.92 Å². The Hall–Kier alpha value is -2.17. The number of H-pyrrole nitrogens is 1. The highest BCUT2D eigenvalue weighted by Crippen LogP contribution is 2.65. The highest BCUT2D eigenvalue weighted by Gasteiger charge is 2.67. The summed E-state index contributed by atoms with van der Waals surface area (Å²) in [7, 11) is 0. The summed E-state index contributed by atoms with van der Waals surface area (Å²) in [5, 5.41) is 10.7. The molecule has 1 saturated carbocycles. The first kappa shape index (κ1) is 25.9. The highest BCUT2D eigenvalue weighted by atomic mass is 35.5. The molecule has 2 aromatic carbocycles.